The molecule has 1 unspecified atom stereocenters. The summed E-state index contributed by atoms with van der Waals surface area (Å²) in [5, 5.41) is 2.75. The van der Waals surface area contributed by atoms with Crippen LogP contribution in [0.3, 0.4) is 0 Å². The van der Waals surface area contributed by atoms with E-state index in [9.17, 15) is 13.6 Å². The predicted octanol–water partition coefficient (Wildman–Crippen LogP) is 3.10. The van der Waals surface area contributed by atoms with Crippen LogP contribution in [0.2, 0.25) is 0 Å². The van der Waals surface area contributed by atoms with Crippen molar-refractivity contribution in [3.63, 3.8) is 0 Å². The second-order valence-electron chi connectivity index (χ2n) is 6.03. The van der Waals surface area contributed by atoms with Crippen molar-refractivity contribution in [1.82, 2.24) is 10.8 Å². The number of nitrogens with one attached hydrogen (secondary N) is 2. The van der Waals surface area contributed by atoms with E-state index in [1.807, 2.05) is 0 Å². The molecule has 23 heavy (non-hydrogen) atoms. The van der Waals surface area contributed by atoms with Crippen molar-refractivity contribution in [3.05, 3.63) is 35.4 Å². The number of hydroxylamine groups is 1. The Labute approximate surface area is 133 Å². The zero-order valence-electron chi connectivity index (χ0n) is 12.7. The van der Waals surface area contributed by atoms with Crippen molar-refractivity contribution in [2.75, 3.05) is 6.61 Å². The van der Waals surface area contributed by atoms with Crippen LogP contribution in [-0.2, 0) is 15.1 Å². The van der Waals surface area contributed by atoms with E-state index in [0.717, 1.165) is 31.7 Å². The summed E-state index contributed by atoms with van der Waals surface area (Å²) in [6, 6.07) is 2.86. The average molecular weight is 326 g/mol. The Bertz CT molecular complexity index is 572. The molecule has 2 fully saturated rings. The van der Waals surface area contributed by atoms with Crippen molar-refractivity contribution >= 4 is 6.03 Å². The quantitative estimate of drug-likeness (QED) is 0.836. The van der Waals surface area contributed by atoms with E-state index in [4.69, 9.17) is 9.57 Å². The Hall–Kier alpha value is -1.73. The van der Waals surface area contributed by atoms with E-state index in [2.05, 4.69) is 10.8 Å². The highest BCUT2D eigenvalue weighted by atomic mass is 19.1. The first-order valence-electron chi connectivity index (χ1n) is 7.90. The molecule has 1 atom stereocenters. The monoisotopic (exact) mass is 326 g/mol. The van der Waals surface area contributed by atoms with Gasteiger partial charge in [-0.05, 0) is 38.2 Å². The van der Waals surface area contributed by atoms with Gasteiger partial charge in [-0.1, -0.05) is 6.07 Å². The fraction of sp³-hybridized carbons (Fsp3) is 0.562. The molecule has 2 N–H and O–H groups in total. The molecule has 2 aliphatic rings. The first-order chi connectivity index (χ1) is 11.1. The van der Waals surface area contributed by atoms with Gasteiger partial charge in [-0.15, -0.1) is 0 Å². The summed E-state index contributed by atoms with van der Waals surface area (Å²) in [4.78, 5) is 17.3. The van der Waals surface area contributed by atoms with Gasteiger partial charge in [-0.3, -0.25) is 0 Å². The van der Waals surface area contributed by atoms with Gasteiger partial charge in [0.25, 0.3) is 0 Å². The van der Waals surface area contributed by atoms with Crippen LogP contribution in [-0.4, -0.2) is 18.9 Å². The Morgan fingerprint density at radius 1 is 1.26 bits per heavy atom. The maximum absolute atomic E-state index is 14.0. The number of halogens is 2. The maximum atomic E-state index is 14.0. The summed E-state index contributed by atoms with van der Waals surface area (Å²) in [7, 11) is 0. The van der Waals surface area contributed by atoms with Gasteiger partial charge in [0.2, 0.25) is 0 Å². The van der Waals surface area contributed by atoms with E-state index in [0.29, 0.717) is 25.0 Å². The number of amides is 2. The van der Waals surface area contributed by atoms with Crippen LogP contribution in [0.1, 0.15) is 44.1 Å². The minimum atomic E-state index is -0.807. The molecule has 7 heteroatoms. The highest BCUT2D eigenvalue weighted by molar-refractivity contribution is 5.74. The van der Waals surface area contributed by atoms with Crippen molar-refractivity contribution < 1.29 is 23.1 Å². The van der Waals surface area contributed by atoms with Gasteiger partial charge in [-0.25, -0.2) is 23.9 Å². The molecule has 1 saturated heterocycles. The van der Waals surface area contributed by atoms with E-state index >= 15 is 0 Å². The molecular weight excluding hydrogens is 306 g/mol. The Kier molecular flexibility index (Phi) is 4.77. The third-order valence-corrected chi connectivity index (χ3v) is 4.43. The smallest absolute Gasteiger partial charge is 0.339 e. The molecule has 3 rings (SSSR count). The Morgan fingerprint density at radius 3 is 2.70 bits per heavy atom. The number of carbonyl (C=O) groups is 1. The van der Waals surface area contributed by atoms with Gasteiger partial charge in [0.15, 0.2) is 6.29 Å². The molecule has 1 aromatic carbocycles. The van der Waals surface area contributed by atoms with E-state index < -0.39 is 29.5 Å². The summed E-state index contributed by atoms with van der Waals surface area (Å²) >= 11 is 0. The van der Waals surface area contributed by atoms with Gasteiger partial charge in [0.1, 0.15) is 11.6 Å². The summed E-state index contributed by atoms with van der Waals surface area (Å²) in [5.41, 5.74) is 1.80. The molecule has 5 nitrogen and oxygen atoms in total. The standard InChI is InChI=1S/C16H20F2N2O3/c17-11-5-6-12(13(18)10-11)16(7-3-8-16)19-15(21)20-23-14-4-1-2-9-22-14/h5-6,10,14H,1-4,7-9H2,(H2,19,20,21). The predicted molar refractivity (Wildman–Crippen MR) is 78.2 cm³/mol. The lowest BCUT2D eigenvalue weighted by Crippen LogP contribution is -2.54. The van der Waals surface area contributed by atoms with Crippen molar-refractivity contribution in [2.24, 2.45) is 0 Å². The zero-order chi connectivity index (χ0) is 16.3. The normalized spacial score (nSPS) is 23.0. The third-order valence-electron chi connectivity index (χ3n) is 4.43. The Balaban J connectivity index is 1.60. The molecular formula is C16H20F2N2O3. The van der Waals surface area contributed by atoms with Crippen LogP contribution in [0.25, 0.3) is 0 Å². The van der Waals surface area contributed by atoms with E-state index in [1.54, 1.807) is 0 Å². The molecule has 0 bridgehead atoms. The molecule has 0 aromatic heterocycles. The summed E-state index contributed by atoms with van der Waals surface area (Å²) < 4.78 is 32.5. The lowest BCUT2D eigenvalue weighted by molar-refractivity contribution is -0.186. The van der Waals surface area contributed by atoms with Crippen LogP contribution < -0.4 is 10.8 Å². The molecule has 1 aliphatic carbocycles. The molecule has 2 amide bonds. The van der Waals surface area contributed by atoms with E-state index in [-0.39, 0.29) is 0 Å². The number of hydrogen-bond donors (Lipinski definition) is 2. The SMILES string of the molecule is O=C(NOC1CCCCO1)NC1(c2ccc(F)cc2F)CCC1. The molecule has 0 radical (unpaired) electrons. The molecule has 0 spiro atoms. The first-order valence-corrected chi connectivity index (χ1v) is 7.90. The van der Waals surface area contributed by atoms with Crippen LogP contribution in [0.5, 0.6) is 0 Å². The summed E-state index contributed by atoms with van der Waals surface area (Å²) in [6.07, 6.45) is 4.31. The number of ether oxygens (including phenoxy) is 1. The minimum Gasteiger partial charge on any atom is -0.350 e. The molecule has 1 heterocycles. The van der Waals surface area contributed by atoms with Crippen LogP contribution in [0.15, 0.2) is 18.2 Å². The van der Waals surface area contributed by atoms with Crippen molar-refractivity contribution in [2.45, 2.75) is 50.4 Å². The van der Waals surface area contributed by atoms with Gasteiger partial charge in [0.05, 0.1) is 5.54 Å². The second kappa shape index (κ2) is 6.80. The fourth-order valence-electron chi connectivity index (χ4n) is 3.04. The van der Waals surface area contributed by atoms with Crippen molar-refractivity contribution in [1.29, 1.82) is 0 Å². The molecule has 1 aliphatic heterocycles. The largest absolute Gasteiger partial charge is 0.350 e. The number of urea groups is 1. The first kappa shape index (κ1) is 16.1. The number of carbonyl (C=O) groups excluding carboxylic acids is 1. The van der Waals surface area contributed by atoms with Gasteiger partial charge in [-0.2, -0.15) is 0 Å². The van der Waals surface area contributed by atoms with Crippen LogP contribution >= 0.6 is 0 Å². The van der Waals surface area contributed by atoms with Gasteiger partial charge >= 0.3 is 6.03 Å². The average Bonchev–Trinajstić information content (AvgIpc) is 2.50. The minimum absolute atomic E-state index is 0.300. The lowest BCUT2D eigenvalue weighted by atomic mass is 9.71. The lowest BCUT2D eigenvalue weighted by Gasteiger charge is -2.43. The van der Waals surface area contributed by atoms with Crippen LogP contribution in [0, 0.1) is 11.6 Å². The zero-order valence-corrected chi connectivity index (χ0v) is 12.7. The summed E-state index contributed by atoms with van der Waals surface area (Å²) in [6.45, 7) is 0.610. The second-order valence-corrected chi connectivity index (χ2v) is 6.03. The maximum Gasteiger partial charge on any atom is 0.339 e. The van der Waals surface area contributed by atoms with Gasteiger partial charge < -0.3 is 10.1 Å². The fourth-order valence-corrected chi connectivity index (χ4v) is 3.04. The number of rotatable bonds is 4. The van der Waals surface area contributed by atoms with Crippen molar-refractivity contribution in [3.8, 4) is 0 Å². The summed E-state index contributed by atoms with van der Waals surface area (Å²) in [5.74, 6) is -1.29. The molecule has 126 valence electrons. The number of hydrogen-bond acceptors (Lipinski definition) is 3. The number of benzene rings is 1. The molecule has 1 saturated carbocycles. The van der Waals surface area contributed by atoms with Crippen LogP contribution in [0.4, 0.5) is 13.6 Å². The topological polar surface area (TPSA) is 59.6 Å². The third kappa shape index (κ3) is 3.61. The highest BCUT2D eigenvalue weighted by Crippen LogP contribution is 2.42. The highest BCUT2D eigenvalue weighted by Gasteiger charge is 2.42. The van der Waals surface area contributed by atoms with Gasteiger partial charge in [0, 0.05) is 24.7 Å². The van der Waals surface area contributed by atoms with E-state index in [1.165, 1.54) is 12.1 Å². The molecule has 1 aromatic rings. The Morgan fingerprint density at radius 2 is 2.09 bits per heavy atom.